The summed E-state index contributed by atoms with van der Waals surface area (Å²) in [5.41, 5.74) is 1.14. The van der Waals surface area contributed by atoms with Crippen LogP contribution in [0.25, 0.3) is 0 Å². The van der Waals surface area contributed by atoms with Crippen LogP contribution in [-0.2, 0) is 0 Å². The molecule has 0 spiro atoms. The Kier molecular flexibility index (Phi) is 5.90. The molecule has 1 aromatic carbocycles. The van der Waals surface area contributed by atoms with Crippen LogP contribution >= 0.6 is 11.8 Å². The first-order valence-corrected chi connectivity index (χ1v) is 9.64. The number of β-amino-alcohol motifs (C(OH)–C–C–N with tert-alkyl or cyclic N) is 1. The minimum absolute atomic E-state index is 0.0899. The van der Waals surface area contributed by atoms with Gasteiger partial charge >= 0.3 is 0 Å². The second-order valence-electron chi connectivity index (χ2n) is 6.12. The Morgan fingerprint density at radius 3 is 2.65 bits per heavy atom. The van der Waals surface area contributed by atoms with Gasteiger partial charge in [0.2, 0.25) is 0 Å². The van der Waals surface area contributed by atoms with E-state index in [0.29, 0.717) is 24.1 Å². The number of hydrogen-bond donors (Lipinski definition) is 2. The van der Waals surface area contributed by atoms with Gasteiger partial charge in [0.1, 0.15) is 0 Å². The predicted octanol–water partition coefficient (Wildman–Crippen LogP) is 1.81. The molecular weight excluding hydrogens is 350 g/mol. The average molecular weight is 371 g/mol. The number of benzene rings is 1. The smallest absolute Gasteiger partial charge is 0.255 e. The fraction of sp³-hybridized carbons (Fsp3) is 0.316. The number of pyridine rings is 1. The Morgan fingerprint density at radius 1 is 1.23 bits per heavy atom. The molecule has 2 aromatic rings. The minimum Gasteiger partial charge on any atom is -0.389 e. The molecule has 2 amide bonds. The van der Waals surface area contributed by atoms with E-state index < -0.39 is 6.10 Å². The largest absolute Gasteiger partial charge is 0.389 e. The number of hydrogen-bond acceptors (Lipinski definition) is 5. The number of piperidine rings is 1. The predicted molar refractivity (Wildman–Crippen MR) is 100 cm³/mol. The number of nitrogens with zero attached hydrogens (tertiary/aromatic N) is 2. The Balaban J connectivity index is 1.63. The average Bonchev–Trinajstić information content (AvgIpc) is 2.69. The highest BCUT2D eigenvalue weighted by molar-refractivity contribution is 7.98. The summed E-state index contributed by atoms with van der Waals surface area (Å²) in [7, 11) is 0. The maximum atomic E-state index is 12.8. The highest BCUT2D eigenvalue weighted by Gasteiger charge is 2.32. The van der Waals surface area contributed by atoms with E-state index in [0.717, 1.165) is 4.90 Å². The van der Waals surface area contributed by atoms with E-state index in [1.165, 1.54) is 11.8 Å². The standard InChI is InChI=1S/C19H21N3O3S/c1-26-17-5-3-2-4-14(17)19(25)22-11-8-15(16(23)12-22)21-18(24)13-6-9-20-10-7-13/h2-7,9-10,15-16,23H,8,11-12H2,1H3,(H,21,24)/t15-,16-/m1/s1. The number of aliphatic hydroxyl groups is 1. The van der Waals surface area contributed by atoms with Gasteiger partial charge in [-0.05, 0) is 36.9 Å². The molecule has 0 saturated carbocycles. The van der Waals surface area contributed by atoms with Crippen LogP contribution in [0.5, 0.6) is 0 Å². The summed E-state index contributed by atoms with van der Waals surface area (Å²) in [5.74, 6) is -0.336. The molecule has 136 valence electrons. The molecule has 1 aliphatic rings. The molecule has 2 atom stereocenters. The Bertz CT molecular complexity index is 785. The van der Waals surface area contributed by atoms with Gasteiger partial charge in [-0.25, -0.2) is 0 Å². The van der Waals surface area contributed by atoms with Crippen molar-refractivity contribution in [1.82, 2.24) is 15.2 Å². The van der Waals surface area contributed by atoms with E-state index in [-0.39, 0.29) is 24.4 Å². The van der Waals surface area contributed by atoms with Crippen molar-refractivity contribution in [3.05, 3.63) is 59.9 Å². The van der Waals surface area contributed by atoms with Crippen LogP contribution in [0, 0.1) is 0 Å². The summed E-state index contributed by atoms with van der Waals surface area (Å²) >= 11 is 1.52. The number of aliphatic hydroxyl groups excluding tert-OH is 1. The van der Waals surface area contributed by atoms with E-state index in [1.807, 2.05) is 24.5 Å². The van der Waals surface area contributed by atoms with Crippen LogP contribution in [0.4, 0.5) is 0 Å². The summed E-state index contributed by atoms with van der Waals surface area (Å²) in [6.07, 6.45) is 4.73. The first-order chi connectivity index (χ1) is 12.6. The van der Waals surface area contributed by atoms with Gasteiger partial charge in [0.05, 0.1) is 17.7 Å². The lowest BCUT2D eigenvalue weighted by molar-refractivity contribution is 0.0312. The van der Waals surface area contributed by atoms with Crippen molar-refractivity contribution in [1.29, 1.82) is 0 Å². The van der Waals surface area contributed by atoms with E-state index >= 15 is 0 Å². The number of nitrogens with one attached hydrogen (secondary N) is 1. The molecule has 3 rings (SSSR count). The third kappa shape index (κ3) is 4.05. The zero-order chi connectivity index (χ0) is 18.5. The molecular formula is C19H21N3O3S. The topological polar surface area (TPSA) is 82.5 Å². The van der Waals surface area contributed by atoms with Crippen molar-refractivity contribution in [3.63, 3.8) is 0 Å². The third-order valence-corrected chi connectivity index (χ3v) is 5.26. The lowest BCUT2D eigenvalue weighted by atomic mass is 10.0. The van der Waals surface area contributed by atoms with Gasteiger partial charge in [-0.1, -0.05) is 12.1 Å². The monoisotopic (exact) mass is 371 g/mol. The quantitative estimate of drug-likeness (QED) is 0.801. The first-order valence-electron chi connectivity index (χ1n) is 8.41. The SMILES string of the molecule is CSc1ccccc1C(=O)N1CC[C@@H](NC(=O)c2ccncc2)[C@H](O)C1. The second-order valence-corrected chi connectivity index (χ2v) is 6.97. The van der Waals surface area contributed by atoms with Gasteiger partial charge in [0, 0.05) is 35.9 Å². The van der Waals surface area contributed by atoms with Crippen molar-refractivity contribution in [2.45, 2.75) is 23.5 Å². The van der Waals surface area contributed by atoms with Gasteiger partial charge in [-0.2, -0.15) is 0 Å². The van der Waals surface area contributed by atoms with Crippen LogP contribution in [0.1, 0.15) is 27.1 Å². The molecule has 1 fully saturated rings. The lowest BCUT2D eigenvalue weighted by Gasteiger charge is -2.36. The summed E-state index contributed by atoms with van der Waals surface area (Å²) in [6, 6.07) is 10.3. The second kappa shape index (κ2) is 8.33. The summed E-state index contributed by atoms with van der Waals surface area (Å²) < 4.78 is 0. The van der Waals surface area contributed by atoms with Gasteiger partial charge in [0.15, 0.2) is 0 Å². The summed E-state index contributed by atoms with van der Waals surface area (Å²) in [6.45, 7) is 0.683. The van der Waals surface area contributed by atoms with E-state index in [9.17, 15) is 14.7 Å². The van der Waals surface area contributed by atoms with Crippen LogP contribution in [0.15, 0.2) is 53.7 Å². The zero-order valence-electron chi connectivity index (χ0n) is 14.5. The molecule has 1 aromatic heterocycles. The zero-order valence-corrected chi connectivity index (χ0v) is 15.3. The molecule has 6 nitrogen and oxygen atoms in total. The molecule has 0 radical (unpaired) electrons. The van der Waals surface area contributed by atoms with Gasteiger partial charge in [-0.15, -0.1) is 11.8 Å². The Labute approximate surface area is 156 Å². The van der Waals surface area contributed by atoms with Crippen molar-refractivity contribution in [2.75, 3.05) is 19.3 Å². The molecule has 2 N–H and O–H groups in total. The molecule has 7 heteroatoms. The van der Waals surface area contributed by atoms with Crippen LogP contribution in [-0.4, -0.2) is 58.3 Å². The number of likely N-dealkylation sites (tertiary alicyclic amines) is 1. The third-order valence-electron chi connectivity index (χ3n) is 4.47. The molecule has 0 bridgehead atoms. The number of amides is 2. The van der Waals surface area contributed by atoms with Crippen LogP contribution in [0.2, 0.25) is 0 Å². The van der Waals surface area contributed by atoms with Crippen molar-refractivity contribution in [2.24, 2.45) is 0 Å². The lowest BCUT2D eigenvalue weighted by Crippen LogP contribution is -2.55. The normalized spacial score (nSPS) is 19.8. The summed E-state index contributed by atoms with van der Waals surface area (Å²) in [5, 5.41) is 13.3. The van der Waals surface area contributed by atoms with E-state index in [1.54, 1.807) is 35.5 Å². The number of thioether (sulfide) groups is 1. The van der Waals surface area contributed by atoms with E-state index in [2.05, 4.69) is 10.3 Å². The first kappa shape index (κ1) is 18.4. The number of carbonyl (C=O) groups excluding carboxylic acids is 2. The van der Waals surface area contributed by atoms with Crippen molar-refractivity contribution >= 4 is 23.6 Å². The highest BCUT2D eigenvalue weighted by Crippen LogP contribution is 2.23. The van der Waals surface area contributed by atoms with Crippen molar-refractivity contribution in [3.8, 4) is 0 Å². The van der Waals surface area contributed by atoms with Crippen LogP contribution < -0.4 is 5.32 Å². The number of aromatic nitrogens is 1. The minimum atomic E-state index is -0.806. The molecule has 1 aliphatic heterocycles. The number of rotatable bonds is 4. The van der Waals surface area contributed by atoms with Gasteiger partial charge in [0.25, 0.3) is 11.8 Å². The maximum absolute atomic E-state index is 12.8. The highest BCUT2D eigenvalue weighted by atomic mass is 32.2. The van der Waals surface area contributed by atoms with E-state index in [4.69, 9.17) is 0 Å². The maximum Gasteiger partial charge on any atom is 0.255 e. The Hall–Kier alpha value is -2.38. The fourth-order valence-corrected chi connectivity index (χ4v) is 3.62. The fourth-order valence-electron chi connectivity index (χ4n) is 3.03. The number of carbonyl (C=O) groups is 2. The molecule has 0 aliphatic carbocycles. The molecule has 26 heavy (non-hydrogen) atoms. The van der Waals surface area contributed by atoms with Gasteiger partial charge < -0.3 is 15.3 Å². The molecule has 0 unspecified atom stereocenters. The van der Waals surface area contributed by atoms with Gasteiger partial charge in [-0.3, -0.25) is 14.6 Å². The Morgan fingerprint density at radius 2 is 1.96 bits per heavy atom. The van der Waals surface area contributed by atoms with Crippen LogP contribution in [0.3, 0.4) is 0 Å². The molecule has 1 saturated heterocycles. The molecule has 2 heterocycles. The summed E-state index contributed by atoms with van der Waals surface area (Å²) in [4.78, 5) is 31.5. The van der Waals surface area contributed by atoms with Crippen molar-refractivity contribution < 1.29 is 14.7 Å².